The molecule has 2 heterocycles. The number of aliphatic hydroxyl groups excluding tert-OH is 1. The molecule has 2 aliphatic rings. The summed E-state index contributed by atoms with van der Waals surface area (Å²) in [6.07, 6.45) is -1.75. The van der Waals surface area contributed by atoms with Crippen molar-refractivity contribution in [2.45, 2.75) is 44.0 Å². The summed E-state index contributed by atoms with van der Waals surface area (Å²) in [5, 5.41) is 27.9. The van der Waals surface area contributed by atoms with E-state index < -0.39 is 30.4 Å². The third-order valence-electron chi connectivity index (χ3n) is 3.67. The quantitative estimate of drug-likeness (QED) is 0.613. The lowest BCUT2D eigenvalue weighted by atomic mass is 9.99. The lowest BCUT2D eigenvalue weighted by Crippen LogP contribution is -2.65. The smallest absolute Gasteiger partial charge is 0.407 e. The first kappa shape index (κ1) is 12.0. The van der Waals surface area contributed by atoms with Gasteiger partial charge in [0.05, 0.1) is 24.2 Å². The predicted molar refractivity (Wildman–Crippen MR) is 56.9 cm³/mol. The fourth-order valence-electron chi connectivity index (χ4n) is 3.07. The monoisotopic (exact) mass is 244 g/mol. The van der Waals surface area contributed by atoms with Crippen LogP contribution in [0.2, 0.25) is 0 Å². The molecule has 0 aromatic heterocycles. The lowest BCUT2D eigenvalue weighted by molar-refractivity contribution is -0.0222. The Morgan fingerprint density at radius 3 is 2.35 bits per heavy atom. The van der Waals surface area contributed by atoms with Crippen LogP contribution >= 0.6 is 0 Å². The van der Waals surface area contributed by atoms with Crippen LogP contribution in [0.3, 0.4) is 0 Å². The summed E-state index contributed by atoms with van der Waals surface area (Å²) in [5.41, 5.74) is 0. The molecule has 0 aromatic carbocycles. The van der Waals surface area contributed by atoms with Crippen molar-refractivity contribution in [3.05, 3.63) is 0 Å². The highest BCUT2D eigenvalue weighted by Crippen LogP contribution is 2.35. The Hall–Kier alpha value is -1.50. The third-order valence-corrected chi connectivity index (χ3v) is 3.67. The number of likely N-dealkylation sites (tertiary alicyclic amines) is 1. The normalized spacial score (nSPS) is 33.6. The summed E-state index contributed by atoms with van der Waals surface area (Å²) < 4.78 is 0. The first-order valence-electron chi connectivity index (χ1n) is 5.62. The Balaban J connectivity index is 2.30. The summed E-state index contributed by atoms with van der Waals surface area (Å²) in [6, 6.07) is -1.37. The highest BCUT2D eigenvalue weighted by molar-refractivity contribution is 5.70. The molecule has 2 bridgehead atoms. The van der Waals surface area contributed by atoms with E-state index in [4.69, 9.17) is 10.2 Å². The molecule has 4 atom stereocenters. The van der Waals surface area contributed by atoms with Gasteiger partial charge in [0, 0.05) is 6.54 Å². The van der Waals surface area contributed by atoms with Gasteiger partial charge in [-0.2, -0.15) is 0 Å². The molecule has 7 nitrogen and oxygen atoms in total. The molecule has 1 unspecified atom stereocenters. The van der Waals surface area contributed by atoms with Crippen LogP contribution in [-0.2, 0) is 0 Å². The van der Waals surface area contributed by atoms with E-state index in [0.29, 0.717) is 12.8 Å². The van der Waals surface area contributed by atoms with Crippen LogP contribution in [0.5, 0.6) is 0 Å². The van der Waals surface area contributed by atoms with E-state index in [2.05, 4.69) is 0 Å². The van der Waals surface area contributed by atoms with E-state index in [1.807, 2.05) is 0 Å². The lowest BCUT2D eigenvalue weighted by Gasteiger charge is -2.45. The minimum Gasteiger partial charge on any atom is -0.465 e. The number of aliphatic hydroxyl groups is 1. The van der Waals surface area contributed by atoms with Crippen LogP contribution < -0.4 is 0 Å². The zero-order valence-electron chi connectivity index (χ0n) is 9.48. The highest BCUT2D eigenvalue weighted by atomic mass is 16.4. The van der Waals surface area contributed by atoms with Crippen LogP contribution in [0.15, 0.2) is 0 Å². The molecule has 2 rings (SSSR count). The Morgan fingerprint density at radius 2 is 1.88 bits per heavy atom. The largest absolute Gasteiger partial charge is 0.465 e. The van der Waals surface area contributed by atoms with Crippen molar-refractivity contribution in [2.75, 3.05) is 6.54 Å². The number of fused-ring (bicyclic) bond motifs is 2. The number of piperazine rings is 1. The summed E-state index contributed by atoms with van der Waals surface area (Å²) in [6.45, 7) is 1.65. The second kappa shape index (κ2) is 4.06. The number of hydrogen-bond donors (Lipinski definition) is 3. The van der Waals surface area contributed by atoms with Gasteiger partial charge in [0.15, 0.2) is 0 Å². The molecule has 2 aliphatic heterocycles. The molecule has 0 radical (unpaired) electrons. The minimum atomic E-state index is -1.10. The number of carbonyl (C=O) groups is 2. The Kier molecular flexibility index (Phi) is 2.86. The van der Waals surface area contributed by atoms with Gasteiger partial charge in [0.1, 0.15) is 0 Å². The summed E-state index contributed by atoms with van der Waals surface area (Å²) >= 11 is 0. The van der Waals surface area contributed by atoms with Crippen molar-refractivity contribution in [1.29, 1.82) is 0 Å². The number of nitrogens with zero attached hydrogens (tertiary/aromatic N) is 2. The second-order valence-corrected chi connectivity index (χ2v) is 4.65. The molecule has 0 aromatic rings. The molecule has 96 valence electrons. The van der Waals surface area contributed by atoms with E-state index in [-0.39, 0.29) is 12.6 Å². The van der Waals surface area contributed by atoms with Gasteiger partial charge < -0.3 is 15.3 Å². The molecule has 2 amide bonds. The van der Waals surface area contributed by atoms with Gasteiger partial charge in [-0.3, -0.25) is 9.80 Å². The highest BCUT2D eigenvalue weighted by Gasteiger charge is 2.51. The number of amides is 2. The second-order valence-electron chi connectivity index (χ2n) is 4.65. The molecule has 0 spiro atoms. The number of rotatable bonds is 1. The van der Waals surface area contributed by atoms with E-state index in [1.54, 1.807) is 0 Å². The fraction of sp³-hybridized carbons (Fsp3) is 0.800. The topological polar surface area (TPSA) is 101 Å². The first-order valence-corrected chi connectivity index (χ1v) is 5.62. The van der Waals surface area contributed by atoms with E-state index in [1.165, 1.54) is 16.7 Å². The van der Waals surface area contributed by atoms with Crippen molar-refractivity contribution in [3.8, 4) is 0 Å². The average molecular weight is 244 g/mol. The van der Waals surface area contributed by atoms with Gasteiger partial charge in [-0.25, -0.2) is 9.59 Å². The molecule has 17 heavy (non-hydrogen) atoms. The van der Waals surface area contributed by atoms with Crippen LogP contribution in [-0.4, -0.2) is 68.1 Å². The molecule has 3 N–H and O–H groups in total. The average Bonchev–Trinajstić information content (AvgIpc) is 2.52. The molecule has 7 heteroatoms. The summed E-state index contributed by atoms with van der Waals surface area (Å²) in [7, 11) is 0. The van der Waals surface area contributed by atoms with Gasteiger partial charge in [0.2, 0.25) is 0 Å². The van der Waals surface area contributed by atoms with Crippen molar-refractivity contribution in [1.82, 2.24) is 9.80 Å². The summed E-state index contributed by atoms with van der Waals surface area (Å²) in [4.78, 5) is 24.7. The van der Waals surface area contributed by atoms with Crippen LogP contribution in [0.1, 0.15) is 19.8 Å². The fourth-order valence-corrected chi connectivity index (χ4v) is 3.07. The van der Waals surface area contributed by atoms with Crippen molar-refractivity contribution < 1.29 is 24.9 Å². The molecular formula is C10H16N2O5. The Morgan fingerprint density at radius 1 is 1.24 bits per heavy atom. The molecule has 2 saturated heterocycles. The zero-order chi connectivity index (χ0) is 12.7. The Labute approximate surface area is 98.2 Å². The van der Waals surface area contributed by atoms with Crippen LogP contribution in [0.25, 0.3) is 0 Å². The summed E-state index contributed by atoms with van der Waals surface area (Å²) in [5.74, 6) is 0. The SMILES string of the molecule is CC(O)[C@H]1[C@H]2CC[C@@H](CN1C(=O)O)N2C(=O)O. The van der Waals surface area contributed by atoms with E-state index in [0.717, 1.165) is 0 Å². The van der Waals surface area contributed by atoms with Gasteiger partial charge in [0.25, 0.3) is 0 Å². The maximum atomic E-state index is 11.1. The maximum Gasteiger partial charge on any atom is 0.407 e. The minimum absolute atomic E-state index is 0.147. The number of hydrogen-bond acceptors (Lipinski definition) is 3. The van der Waals surface area contributed by atoms with Crippen LogP contribution in [0, 0.1) is 0 Å². The maximum absolute atomic E-state index is 11.1. The predicted octanol–water partition coefficient (Wildman–Crippen LogP) is 0.240. The number of carboxylic acid groups (broad SMARTS) is 2. The van der Waals surface area contributed by atoms with E-state index in [9.17, 15) is 14.7 Å². The van der Waals surface area contributed by atoms with E-state index >= 15 is 0 Å². The molecular weight excluding hydrogens is 228 g/mol. The van der Waals surface area contributed by atoms with Gasteiger partial charge >= 0.3 is 12.2 Å². The van der Waals surface area contributed by atoms with Gasteiger partial charge in [-0.1, -0.05) is 0 Å². The van der Waals surface area contributed by atoms with Crippen molar-refractivity contribution in [3.63, 3.8) is 0 Å². The molecule has 2 fully saturated rings. The van der Waals surface area contributed by atoms with Gasteiger partial charge in [-0.05, 0) is 19.8 Å². The Bertz CT molecular complexity index is 346. The standard InChI is InChI=1S/C10H16N2O5/c1-5(13)8-7-3-2-6(12(7)10(16)17)4-11(8)9(14)15/h5-8,13H,2-4H2,1H3,(H,14,15)(H,16,17)/t5?,6-,7+,8-/m0/s1. The first-order chi connectivity index (χ1) is 7.93. The molecule has 0 aliphatic carbocycles. The van der Waals surface area contributed by atoms with Gasteiger partial charge in [-0.15, -0.1) is 0 Å². The molecule has 0 saturated carbocycles. The van der Waals surface area contributed by atoms with Crippen LogP contribution in [0.4, 0.5) is 9.59 Å². The van der Waals surface area contributed by atoms with Crippen molar-refractivity contribution >= 4 is 12.2 Å². The third kappa shape index (κ3) is 1.80. The van der Waals surface area contributed by atoms with Crippen molar-refractivity contribution in [2.24, 2.45) is 0 Å². The zero-order valence-corrected chi connectivity index (χ0v) is 9.48.